The number of hydrogen-bond donors (Lipinski definition) is 2. The summed E-state index contributed by atoms with van der Waals surface area (Å²) < 4.78 is 0. The van der Waals surface area contributed by atoms with Crippen molar-refractivity contribution in [2.75, 3.05) is 0 Å². The maximum Gasteiger partial charge on any atom is 0.131 e. The number of benzene rings is 5. The number of nitrogens with zero attached hydrogens (tertiary/aromatic N) is 1. The van der Waals surface area contributed by atoms with Gasteiger partial charge in [0.2, 0.25) is 0 Å². The summed E-state index contributed by atoms with van der Waals surface area (Å²) in [5.74, 6) is 0.911. The molecule has 3 aliphatic carbocycles. The molecule has 0 radical (unpaired) electrons. The third-order valence-electron chi connectivity index (χ3n) is 9.68. The molecule has 43 heavy (non-hydrogen) atoms. The summed E-state index contributed by atoms with van der Waals surface area (Å²) in [5.41, 5.74) is 14.4. The molecular formula is C40H31N3. The Morgan fingerprint density at radius 1 is 0.651 bits per heavy atom. The first-order valence-corrected chi connectivity index (χ1v) is 15.3. The summed E-state index contributed by atoms with van der Waals surface area (Å²) in [6, 6.07) is 46.1. The van der Waals surface area contributed by atoms with E-state index in [4.69, 9.17) is 4.99 Å². The molecule has 0 saturated heterocycles. The fourth-order valence-corrected chi connectivity index (χ4v) is 7.99. The monoisotopic (exact) mass is 553 g/mol. The lowest BCUT2D eigenvalue weighted by atomic mass is 9.68. The van der Waals surface area contributed by atoms with Crippen LogP contribution in [0.5, 0.6) is 0 Å². The minimum atomic E-state index is -0.275. The van der Waals surface area contributed by atoms with Crippen LogP contribution in [-0.4, -0.2) is 5.84 Å². The fourth-order valence-electron chi connectivity index (χ4n) is 7.99. The van der Waals surface area contributed by atoms with E-state index in [2.05, 4.69) is 150 Å². The molecule has 5 aromatic carbocycles. The van der Waals surface area contributed by atoms with Gasteiger partial charge in [0, 0.05) is 5.56 Å². The molecule has 2 N–H and O–H groups in total. The highest BCUT2D eigenvalue weighted by atomic mass is 15.3. The van der Waals surface area contributed by atoms with Crippen LogP contribution in [0.25, 0.3) is 16.7 Å². The molecule has 9 rings (SSSR count). The van der Waals surface area contributed by atoms with E-state index in [1.807, 2.05) is 0 Å². The second kappa shape index (κ2) is 9.52. The van der Waals surface area contributed by atoms with Crippen molar-refractivity contribution in [3.05, 3.63) is 184 Å². The number of hydrogen-bond acceptors (Lipinski definition) is 3. The maximum atomic E-state index is 5.17. The number of fused-ring (bicyclic) bond motifs is 9. The Labute approximate surface area is 252 Å². The van der Waals surface area contributed by atoms with Crippen molar-refractivity contribution in [3.8, 4) is 11.1 Å². The molecule has 1 spiro atoms. The molecular weight excluding hydrogens is 522 g/mol. The van der Waals surface area contributed by atoms with Gasteiger partial charge in [0.15, 0.2) is 0 Å². The van der Waals surface area contributed by atoms with Gasteiger partial charge >= 0.3 is 0 Å². The average molecular weight is 554 g/mol. The highest BCUT2D eigenvalue weighted by Crippen LogP contribution is 2.64. The van der Waals surface area contributed by atoms with Crippen molar-refractivity contribution >= 4 is 11.4 Å². The molecule has 0 saturated carbocycles. The molecule has 3 heteroatoms. The molecule has 206 valence electrons. The molecule has 5 aromatic rings. The Hall–Kier alpha value is -4.99. The van der Waals surface area contributed by atoms with Gasteiger partial charge in [0.1, 0.15) is 18.2 Å². The highest BCUT2D eigenvalue weighted by Gasteiger charge is 2.53. The van der Waals surface area contributed by atoms with Crippen molar-refractivity contribution < 1.29 is 0 Å². The third kappa shape index (κ3) is 3.49. The second-order valence-corrected chi connectivity index (χ2v) is 11.8. The third-order valence-corrected chi connectivity index (χ3v) is 9.68. The molecule has 2 unspecified atom stereocenters. The van der Waals surface area contributed by atoms with Gasteiger partial charge in [-0.15, -0.1) is 0 Å². The van der Waals surface area contributed by atoms with E-state index in [-0.39, 0.29) is 17.7 Å². The van der Waals surface area contributed by atoms with Gasteiger partial charge in [0.25, 0.3) is 0 Å². The topological polar surface area (TPSA) is 36.4 Å². The Bertz CT molecular complexity index is 1940. The molecule has 0 fully saturated rings. The first-order chi connectivity index (χ1) is 21.3. The average Bonchev–Trinajstić information content (AvgIpc) is 3.56. The van der Waals surface area contributed by atoms with E-state index >= 15 is 0 Å². The van der Waals surface area contributed by atoms with Crippen LogP contribution in [0.2, 0.25) is 0 Å². The van der Waals surface area contributed by atoms with E-state index < -0.39 is 0 Å². The van der Waals surface area contributed by atoms with Gasteiger partial charge in [-0.25, -0.2) is 4.99 Å². The van der Waals surface area contributed by atoms with Crippen LogP contribution in [0.4, 0.5) is 0 Å². The zero-order chi connectivity index (χ0) is 28.4. The summed E-state index contributed by atoms with van der Waals surface area (Å²) in [6.07, 6.45) is 6.57. The van der Waals surface area contributed by atoms with Crippen LogP contribution in [0.3, 0.4) is 0 Å². The van der Waals surface area contributed by atoms with Crippen LogP contribution in [0.1, 0.15) is 64.1 Å². The molecule has 1 aliphatic heterocycles. The lowest BCUT2D eigenvalue weighted by Gasteiger charge is -2.35. The van der Waals surface area contributed by atoms with Crippen molar-refractivity contribution in [1.29, 1.82) is 0 Å². The van der Waals surface area contributed by atoms with Crippen molar-refractivity contribution in [3.63, 3.8) is 0 Å². The van der Waals surface area contributed by atoms with Crippen LogP contribution in [-0.2, 0) is 5.41 Å². The summed E-state index contributed by atoms with van der Waals surface area (Å²) >= 11 is 0. The van der Waals surface area contributed by atoms with Gasteiger partial charge in [0.05, 0.1) is 5.41 Å². The number of aliphatic imine (C=N–C) groups is 1. The van der Waals surface area contributed by atoms with Crippen molar-refractivity contribution in [1.82, 2.24) is 10.6 Å². The Morgan fingerprint density at radius 2 is 1.30 bits per heavy atom. The van der Waals surface area contributed by atoms with Gasteiger partial charge in [-0.05, 0) is 68.5 Å². The molecule has 0 aromatic heterocycles. The molecule has 1 heterocycles. The van der Waals surface area contributed by atoms with Crippen LogP contribution < -0.4 is 10.6 Å². The first kappa shape index (κ1) is 24.6. The SMILES string of the molecule is C1=CC2=C(CC1)C1(c3ccccc3-c3ccccc31)c1cccc(C3NC(c4ccccc4)=NC(c4ccccc4)N3)c12. The predicted octanol–water partition coefficient (Wildman–Crippen LogP) is 8.46. The normalized spacial score (nSPS) is 20.6. The van der Waals surface area contributed by atoms with Gasteiger partial charge < -0.3 is 5.32 Å². The Kier molecular flexibility index (Phi) is 5.44. The zero-order valence-corrected chi connectivity index (χ0v) is 23.8. The molecule has 0 amide bonds. The zero-order valence-electron chi connectivity index (χ0n) is 23.8. The predicted molar refractivity (Wildman–Crippen MR) is 175 cm³/mol. The van der Waals surface area contributed by atoms with E-state index in [1.165, 1.54) is 50.1 Å². The summed E-state index contributed by atoms with van der Waals surface area (Å²) in [4.78, 5) is 5.17. The van der Waals surface area contributed by atoms with Crippen LogP contribution in [0, 0.1) is 0 Å². The number of amidine groups is 1. The minimum absolute atomic E-state index is 0.126. The minimum Gasteiger partial charge on any atom is -0.350 e. The van der Waals surface area contributed by atoms with E-state index in [0.29, 0.717) is 0 Å². The van der Waals surface area contributed by atoms with E-state index in [1.54, 1.807) is 0 Å². The maximum absolute atomic E-state index is 5.17. The van der Waals surface area contributed by atoms with Gasteiger partial charge in [-0.3, -0.25) is 5.32 Å². The number of allylic oxidation sites excluding steroid dienone is 4. The molecule has 4 aliphatic rings. The molecule has 3 nitrogen and oxygen atoms in total. The number of nitrogens with one attached hydrogen (secondary N) is 2. The molecule has 0 bridgehead atoms. The van der Waals surface area contributed by atoms with Crippen molar-refractivity contribution in [2.45, 2.75) is 30.6 Å². The molecule has 2 atom stereocenters. The number of rotatable bonds is 3. The summed E-state index contributed by atoms with van der Waals surface area (Å²) in [7, 11) is 0. The second-order valence-electron chi connectivity index (χ2n) is 11.8. The van der Waals surface area contributed by atoms with Gasteiger partial charge in [-0.2, -0.15) is 0 Å². The van der Waals surface area contributed by atoms with Crippen LogP contribution in [0.15, 0.2) is 150 Å². The highest BCUT2D eigenvalue weighted by molar-refractivity contribution is 6.01. The van der Waals surface area contributed by atoms with Gasteiger partial charge in [-0.1, -0.05) is 140 Å². The summed E-state index contributed by atoms with van der Waals surface area (Å²) in [5, 5.41) is 7.70. The van der Waals surface area contributed by atoms with Crippen molar-refractivity contribution in [2.24, 2.45) is 4.99 Å². The quantitative estimate of drug-likeness (QED) is 0.235. The fraction of sp³-hybridized carbons (Fsp3) is 0.125. The Balaban J connectivity index is 1.27. The Morgan fingerprint density at radius 3 is 2.05 bits per heavy atom. The van der Waals surface area contributed by atoms with Crippen LogP contribution >= 0.6 is 0 Å². The first-order valence-electron chi connectivity index (χ1n) is 15.3. The summed E-state index contributed by atoms with van der Waals surface area (Å²) in [6.45, 7) is 0. The lowest BCUT2D eigenvalue weighted by molar-refractivity contribution is 0.408. The lowest BCUT2D eigenvalue weighted by Crippen LogP contribution is -2.45. The largest absolute Gasteiger partial charge is 0.350 e. The standard InChI is InChI=1S/C40H31N3/c1-3-14-26(15-4-1)37-41-38(27-16-5-2-6-17-27)43-39(42-37)31-21-13-25-35-36(31)30-20-9-12-24-34(30)40(35)32-22-10-7-18-28(32)29-19-8-11-23-33(29)40/h1-11,13-23,25,37,39,42H,12,24H2,(H,41,43). The van der Waals surface area contributed by atoms with E-state index in [0.717, 1.165) is 29.8 Å². The smallest absolute Gasteiger partial charge is 0.131 e. The van der Waals surface area contributed by atoms with E-state index in [9.17, 15) is 0 Å².